The zero-order valence-electron chi connectivity index (χ0n) is 18.8. The lowest BCUT2D eigenvalue weighted by molar-refractivity contribution is 0.322. The van der Waals surface area contributed by atoms with Gasteiger partial charge in [-0.05, 0) is 49.1 Å². The van der Waals surface area contributed by atoms with Crippen molar-refractivity contribution < 1.29 is 9.60 Å². The minimum absolute atomic E-state index is 0.144. The Labute approximate surface area is 196 Å². The smallest absolute Gasteiger partial charge is 0.144 e. The standard InChI is InChI=1S/C25H26FN7O/c1-14-9-16(11-17(26)10-14)19-13-29-24(28)21(23(19)33-7-5-18(27)6-8-33)25-31-20-4-2-3-15(12-30-34)22(20)32-25/h2-4,9-13,18,34H,5-8,27H2,1H3,(H2,28,29)(H,31,32). The SMILES string of the molecule is Cc1cc(F)cc(-c2cnc(N)c(-c3nc4cccc(C=NO)c4[nH]3)c2N2CCC(N)CC2)c1. The molecule has 0 atom stereocenters. The lowest BCUT2D eigenvalue weighted by Crippen LogP contribution is -2.40. The summed E-state index contributed by atoms with van der Waals surface area (Å²) >= 11 is 0. The van der Waals surface area contributed by atoms with Crippen LogP contribution < -0.4 is 16.4 Å². The number of aromatic nitrogens is 3. The van der Waals surface area contributed by atoms with Gasteiger partial charge in [0.05, 0.1) is 28.5 Å². The molecule has 4 aromatic rings. The van der Waals surface area contributed by atoms with Crippen molar-refractivity contribution in [3.63, 3.8) is 0 Å². The number of imidazole rings is 1. The van der Waals surface area contributed by atoms with E-state index < -0.39 is 0 Å². The van der Waals surface area contributed by atoms with E-state index in [0.29, 0.717) is 33.8 Å². The predicted molar refractivity (Wildman–Crippen MR) is 133 cm³/mol. The monoisotopic (exact) mass is 459 g/mol. The summed E-state index contributed by atoms with van der Waals surface area (Å²) in [6.07, 6.45) is 4.72. The summed E-state index contributed by atoms with van der Waals surface area (Å²) in [4.78, 5) is 14.8. The molecule has 0 spiro atoms. The summed E-state index contributed by atoms with van der Waals surface area (Å²) in [7, 11) is 0. The number of hydrogen-bond donors (Lipinski definition) is 4. The topological polar surface area (TPSA) is 129 Å². The molecule has 0 amide bonds. The number of nitrogens with two attached hydrogens (primary N) is 2. The zero-order valence-corrected chi connectivity index (χ0v) is 18.8. The Kier molecular flexibility index (Phi) is 5.62. The Hall–Kier alpha value is -3.98. The van der Waals surface area contributed by atoms with Gasteiger partial charge in [-0.25, -0.2) is 14.4 Å². The number of halogens is 1. The predicted octanol–water partition coefficient (Wildman–Crippen LogP) is 4.06. The number of pyridine rings is 1. The van der Waals surface area contributed by atoms with Crippen LogP contribution in [-0.2, 0) is 0 Å². The Bertz CT molecular complexity index is 1370. The summed E-state index contributed by atoms with van der Waals surface area (Å²) in [6.45, 7) is 3.34. The van der Waals surface area contributed by atoms with Crippen LogP contribution in [0.5, 0.6) is 0 Å². The molecule has 34 heavy (non-hydrogen) atoms. The number of aryl methyl sites for hydroxylation is 1. The van der Waals surface area contributed by atoms with Gasteiger partial charge in [-0.3, -0.25) is 0 Å². The number of nitrogens with one attached hydrogen (secondary N) is 1. The molecule has 0 bridgehead atoms. The number of rotatable bonds is 4. The van der Waals surface area contributed by atoms with Gasteiger partial charge in [-0.15, -0.1) is 0 Å². The number of benzene rings is 2. The molecule has 8 nitrogen and oxygen atoms in total. The maximum Gasteiger partial charge on any atom is 0.144 e. The fourth-order valence-corrected chi connectivity index (χ4v) is 4.65. The van der Waals surface area contributed by atoms with Gasteiger partial charge in [0.1, 0.15) is 17.5 Å². The number of nitrogen functional groups attached to an aromatic ring is 1. The van der Waals surface area contributed by atoms with E-state index in [1.165, 1.54) is 18.3 Å². The third-order valence-electron chi connectivity index (χ3n) is 6.27. The molecule has 174 valence electrons. The second kappa shape index (κ2) is 8.75. The van der Waals surface area contributed by atoms with Crippen molar-refractivity contribution in [3.8, 4) is 22.5 Å². The second-order valence-electron chi connectivity index (χ2n) is 8.69. The lowest BCUT2D eigenvalue weighted by atomic mass is 9.97. The van der Waals surface area contributed by atoms with E-state index in [1.54, 1.807) is 6.20 Å². The summed E-state index contributed by atoms with van der Waals surface area (Å²) < 4.78 is 14.4. The number of nitrogens with zero attached hydrogens (tertiary/aromatic N) is 4. The summed E-state index contributed by atoms with van der Waals surface area (Å²) in [5, 5.41) is 12.2. The molecule has 2 aromatic carbocycles. The highest BCUT2D eigenvalue weighted by atomic mass is 19.1. The first kappa shape index (κ1) is 21.8. The molecule has 1 aliphatic rings. The van der Waals surface area contributed by atoms with Crippen molar-refractivity contribution in [2.75, 3.05) is 23.7 Å². The van der Waals surface area contributed by atoms with E-state index in [2.05, 4.69) is 20.0 Å². The highest BCUT2D eigenvalue weighted by Crippen LogP contribution is 2.43. The molecular formula is C25H26FN7O. The van der Waals surface area contributed by atoms with Gasteiger partial charge < -0.3 is 26.6 Å². The Morgan fingerprint density at radius 3 is 2.76 bits per heavy atom. The van der Waals surface area contributed by atoms with E-state index in [0.717, 1.165) is 48.3 Å². The van der Waals surface area contributed by atoms with E-state index >= 15 is 0 Å². The van der Waals surface area contributed by atoms with Gasteiger partial charge in [-0.1, -0.05) is 23.4 Å². The van der Waals surface area contributed by atoms with Gasteiger partial charge in [0.25, 0.3) is 0 Å². The molecule has 9 heteroatoms. The zero-order chi connectivity index (χ0) is 23.8. The largest absolute Gasteiger partial charge is 0.411 e. The molecule has 0 saturated carbocycles. The average molecular weight is 460 g/mol. The number of anilines is 2. The first-order valence-electron chi connectivity index (χ1n) is 11.2. The number of piperidine rings is 1. The summed E-state index contributed by atoms with van der Waals surface area (Å²) in [5.74, 6) is 0.550. The van der Waals surface area contributed by atoms with Crippen molar-refractivity contribution in [2.24, 2.45) is 10.9 Å². The fourth-order valence-electron chi connectivity index (χ4n) is 4.65. The molecule has 1 aliphatic heterocycles. The van der Waals surface area contributed by atoms with Crippen LogP contribution in [-0.4, -0.2) is 45.5 Å². The Morgan fingerprint density at radius 1 is 1.24 bits per heavy atom. The van der Waals surface area contributed by atoms with Crippen molar-refractivity contribution in [2.45, 2.75) is 25.8 Å². The van der Waals surface area contributed by atoms with E-state index in [1.807, 2.05) is 31.2 Å². The van der Waals surface area contributed by atoms with Crippen LogP contribution in [0.25, 0.3) is 33.5 Å². The minimum Gasteiger partial charge on any atom is -0.411 e. The molecule has 1 fully saturated rings. The quantitative estimate of drug-likeness (QED) is 0.207. The van der Waals surface area contributed by atoms with Gasteiger partial charge in [0.2, 0.25) is 0 Å². The second-order valence-corrected chi connectivity index (χ2v) is 8.69. The molecule has 0 aliphatic carbocycles. The maximum absolute atomic E-state index is 14.4. The van der Waals surface area contributed by atoms with Crippen LogP contribution in [0.2, 0.25) is 0 Å². The van der Waals surface area contributed by atoms with Gasteiger partial charge in [0.15, 0.2) is 0 Å². The van der Waals surface area contributed by atoms with Crippen molar-refractivity contribution in [1.29, 1.82) is 0 Å². The van der Waals surface area contributed by atoms with Crippen LogP contribution in [0, 0.1) is 12.7 Å². The van der Waals surface area contributed by atoms with E-state index in [4.69, 9.17) is 21.7 Å². The summed E-state index contributed by atoms with van der Waals surface area (Å²) in [6, 6.07) is 10.6. The number of fused-ring (bicyclic) bond motifs is 1. The fraction of sp³-hybridized carbons (Fsp3) is 0.240. The molecule has 0 unspecified atom stereocenters. The minimum atomic E-state index is -0.309. The van der Waals surface area contributed by atoms with Crippen molar-refractivity contribution in [3.05, 3.63) is 59.5 Å². The van der Waals surface area contributed by atoms with E-state index in [-0.39, 0.29) is 11.9 Å². The maximum atomic E-state index is 14.4. The third kappa shape index (κ3) is 3.94. The Morgan fingerprint density at radius 2 is 2.03 bits per heavy atom. The lowest BCUT2D eigenvalue weighted by Gasteiger charge is -2.34. The van der Waals surface area contributed by atoms with Crippen LogP contribution in [0.15, 0.2) is 47.8 Å². The van der Waals surface area contributed by atoms with Gasteiger partial charge >= 0.3 is 0 Å². The first-order valence-corrected chi connectivity index (χ1v) is 11.2. The Balaban J connectivity index is 1.77. The highest BCUT2D eigenvalue weighted by Gasteiger charge is 2.27. The highest BCUT2D eigenvalue weighted by molar-refractivity contribution is 6.00. The van der Waals surface area contributed by atoms with Crippen LogP contribution >= 0.6 is 0 Å². The molecular weight excluding hydrogens is 433 g/mol. The van der Waals surface area contributed by atoms with Crippen LogP contribution in [0.1, 0.15) is 24.0 Å². The van der Waals surface area contributed by atoms with Crippen LogP contribution in [0.4, 0.5) is 15.9 Å². The normalized spacial score (nSPS) is 15.0. The van der Waals surface area contributed by atoms with Crippen LogP contribution in [0.3, 0.4) is 0 Å². The molecule has 6 N–H and O–H groups in total. The number of aromatic amines is 1. The van der Waals surface area contributed by atoms with Gasteiger partial charge in [-0.2, -0.15) is 0 Å². The van der Waals surface area contributed by atoms with Crippen molar-refractivity contribution >= 4 is 28.8 Å². The number of H-pyrrole nitrogens is 1. The molecule has 0 radical (unpaired) electrons. The number of para-hydroxylation sites is 1. The third-order valence-corrected chi connectivity index (χ3v) is 6.27. The molecule has 3 heterocycles. The summed E-state index contributed by atoms with van der Waals surface area (Å²) in [5.41, 5.74) is 18.5. The molecule has 5 rings (SSSR count). The number of oxime groups is 1. The molecule has 2 aromatic heterocycles. The average Bonchev–Trinajstić information content (AvgIpc) is 3.24. The molecule has 1 saturated heterocycles. The van der Waals surface area contributed by atoms with Gasteiger partial charge in [0, 0.05) is 36.5 Å². The number of hydrogen-bond acceptors (Lipinski definition) is 7. The first-order chi connectivity index (χ1) is 16.4. The van der Waals surface area contributed by atoms with Crippen molar-refractivity contribution in [1.82, 2.24) is 15.0 Å². The van der Waals surface area contributed by atoms with E-state index in [9.17, 15) is 4.39 Å².